The van der Waals surface area contributed by atoms with Crippen molar-refractivity contribution >= 4 is 5.91 Å². The molecule has 2 aliphatic heterocycles. The molecule has 18 heavy (non-hydrogen) atoms. The highest BCUT2D eigenvalue weighted by Gasteiger charge is 2.35. The number of ether oxygens (including phenoxy) is 2. The van der Waals surface area contributed by atoms with Crippen molar-refractivity contribution in [2.24, 2.45) is 0 Å². The summed E-state index contributed by atoms with van der Waals surface area (Å²) < 4.78 is 11.5. The summed E-state index contributed by atoms with van der Waals surface area (Å²) in [6, 6.07) is 0. The van der Waals surface area contributed by atoms with E-state index in [9.17, 15) is 4.79 Å². The number of amides is 1. The topological polar surface area (TPSA) is 50.8 Å². The van der Waals surface area contributed by atoms with E-state index in [1.165, 1.54) is 0 Å². The van der Waals surface area contributed by atoms with Crippen LogP contribution in [0, 0.1) is 0 Å². The lowest BCUT2D eigenvalue weighted by Crippen LogP contribution is -2.54. The van der Waals surface area contributed by atoms with Crippen molar-refractivity contribution in [2.75, 3.05) is 32.8 Å². The number of rotatable bonds is 1. The van der Waals surface area contributed by atoms with E-state index in [1.807, 2.05) is 29.2 Å². The molecule has 0 unspecified atom stereocenters. The van der Waals surface area contributed by atoms with Gasteiger partial charge in [0, 0.05) is 26.2 Å². The van der Waals surface area contributed by atoms with Gasteiger partial charge < -0.3 is 19.7 Å². The van der Waals surface area contributed by atoms with Crippen molar-refractivity contribution in [2.45, 2.75) is 18.3 Å². The Morgan fingerprint density at radius 2 is 1.89 bits per heavy atom. The number of carbonyl (C=O) groups excluding carboxylic acids is 1. The second-order valence-electron chi connectivity index (χ2n) is 4.73. The molecule has 0 aromatic heterocycles. The molecule has 2 fully saturated rings. The summed E-state index contributed by atoms with van der Waals surface area (Å²) in [7, 11) is 0. The van der Waals surface area contributed by atoms with Crippen LogP contribution in [0.5, 0.6) is 0 Å². The molecule has 5 nitrogen and oxygen atoms in total. The van der Waals surface area contributed by atoms with Crippen LogP contribution in [0.25, 0.3) is 0 Å². The lowest BCUT2D eigenvalue weighted by Gasteiger charge is -2.37. The second-order valence-corrected chi connectivity index (χ2v) is 4.73. The third kappa shape index (κ3) is 2.34. The van der Waals surface area contributed by atoms with Gasteiger partial charge in [-0.2, -0.15) is 0 Å². The van der Waals surface area contributed by atoms with E-state index in [4.69, 9.17) is 9.47 Å². The molecule has 0 aromatic carbocycles. The van der Waals surface area contributed by atoms with Gasteiger partial charge in [-0.1, -0.05) is 24.3 Å². The summed E-state index contributed by atoms with van der Waals surface area (Å²) >= 11 is 0. The highest BCUT2D eigenvalue weighted by molar-refractivity contribution is 5.81. The number of allylic oxidation sites excluding steroid dienone is 2. The average molecular weight is 250 g/mol. The number of carbonyl (C=O) groups is 1. The van der Waals surface area contributed by atoms with Gasteiger partial charge in [-0.05, 0) is 0 Å². The van der Waals surface area contributed by atoms with Gasteiger partial charge in [0.25, 0.3) is 5.91 Å². The fraction of sp³-hybridized carbons (Fsp3) is 0.615. The van der Waals surface area contributed by atoms with E-state index < -0.39 is 6.10 Å². The van der Waals surface area contributed by atoms with Gasteiger partial charge in [0.05, 0.1) is 6.61 Å². The van der Waals surface area contributed by atoms with Crippen LogP contribution < -0.4 is 5.32 Å². The van der Waals surface area contributed by atoms with Crippen LogP contribution >= 0.6 is 0 Å². The highest BCUT2D eigenvalue weighted by atomic mass is 16.6. The van der Waals surface area contributed by atoms with Crippen molar-refractivity contribution in [1.29, 1.82) is 0 Å². The predicted molar refractivity (Wildman–Crippen MR) is 66.1 cm³/mol. The summed E-state index contributed by atoms with van der Waals surface area (Å²) in [6.45, 7) is 3.56. The molecule has 1 N–H and O–H groups in total. The molecule has 98 valence electrons. The molecular weight excluding hydrogens is 232 g/mol. The average Bonchev–Trinajstić information content (AvgIpc) is 2.47. The molecule has 3 atom stereocenters. The Morgan fingerprint density at radius 3 is 2.67 bits per heavy atom. The summed E-state index contributed by atoms with van der Waals surface area (Å²) in [5, 5.41) is 3.23. The maximum atomic E-state index is 12.3. The number of hydrogen-bond acceptors (Lipinski definition) is 4. The molecule has 0 radical (unpaired) electrons. The lowest BCUT2D eigenvalue weighted by molar-refractivity contribution is -0.177. The maximum Gasteiger partial charge on any atom is 0.254 e. The van der Waals surface area contributed by atoms with Gasteiger partial charge in [-0.15, -0.1) is 0 Å². The van der Waals surface area contributed by atoms with Crippen molar-refractivity contribution in [1.82, 2.24) is 10.2 Å². The fourth-order valence-corrected chi connectivity index (χ4v) is 2.49. The Kier molecular flexibility index (Phi) is 3.45. The fourth-order valence-electron chi connectivity index (χ4n) is 2.49. The van der Waals surface area contributed by atoms with Gasteiger partial charge in [0.2, 0.25) is 0 Å². The van der Waals surface area contributed by atoms with E-state index in [-0.39, 0.29) is 18.1 Å². The number of hydrogen-bond donors (Lipinski definition) is 1. The predicted octanol–water partition coefficient (Wildman–Crippen LogP) is -0.303. The number of nitrogens with one attached hydrogen (secondary N) is 1. The molecule has 0 aromatic rings. The van der Waals surface area contributed by atoms with Crippen LogP contribution in [0.4, 0.5) is 0 Å². The quantitative estimate of drug-likeness (QED) is 0.694. The van der Waals surface area contributed by atoms with E-state index in [0.717, 1.165) is 26.2 Å². The first kappa shape index (κ1) is 11.9. The minimum Gasteiger partial charge on any atom is -0.368 e. The van der Waals surface area contributed by atoms with Crippen LogP contribution in [0.3, 0.4) is 0 Å². The Balaban J connectivity index is 1.61. The first-order chi connectivity index (χ1) is 8.84. The molecule has 3 rings (SSSR count). The number of piperazine rings is 1. The molecule has 0 saturated carbocycles. The van der Waals surface area contributed by atoms with Crippen LogP contribution in [-0.4, -0.2) is 61.9 Å². The number of nitrogens with zero attached hydrogens (tertiary/aromatic N) is 1. The van der Waals surface area contributed by atoms with Gasteiger partial charge in [-0.3, -0.25) is 4.79 Å². The van der Waals surface area contributed by atoms with E-state index in [0.29, 0.717) is 6.61 Å². The van der Waals surface area contributed by atoms with Crippen molar-refractivity contribution in [3.8, 4) is 0 Å². The Hall–Kier alpha value is -1.17. The first-order valence-electron chi connectivity index (χ1n) is 6.46. The minimum atomic E-state index is -0.458. The van der Waals surface area contributed by atoms with Gasteiger partial charge in [0.1, 0.15) is 12.2 Å². The van der Waals surface area contributed by atoms with E-state index in [2.05, 4.69) is 5.32 Å². The number of fused-ring (bicyclic) bond motifs is 1. The van der Waals surface area contributed by atoms with E-state index >= 15 is 0 Å². The SMILES string of the molecule is O=C([C@@H]1CO[C@@H]2C=CC=C[C@H]2O1)N1CCNCC1. The summed E-state index contributed by atoms with van der Waals surface area (Å²) in [5.41, 5.74) is 0. The van der Waals surface area contributed by atoms with Gasteiger partial charge in [-0.25, -0.2) is 0 Å². The van der Waals surface area contributed by atoms with Gasteiger partial charge >= 0.3 is 0 Å². The minimum absolute atomic E-state index is 0.0397. The van der Waals surface area contributed by atoms with Gasteiger partial charge in [0.15, 0.2) is 6.10 Å². The molecule has 0 bridgehead atoms. The first-order valence-corrected chi connectivity index (χ1v) is 6.46. The molecule has 1 aliphatic carbocycles. The van der Waals surface area contributed by atoms with E-state index in [1.54, 1.807) is 0 Å². The van der Waals surface area contributed by atoms with Crippen molar-refractivity contribution < 1.29 is 14.3 Å². The maximum absolute atomic E-state index is 12.3. The van der Waals surface area contributed by atoms with Crippen LogP contribution in [-0.2, 0) is 14.3 Å². The molecule has 1 amide bonds. The zero-order valence-corrected chi connectivity index (χ0v) is 10.2. The summed E-state index contributed by atoms with van der Waals surface area (Å²) in [4.78, 5) is 14.1. The second kappa shape index (κ2) is 5.22. The third-order valence-corrected chi connectivity index (χ3v) is 3.50. The summed E-state index contributed by atoms with van der Waals surface area (Å²) in [6.07, 6.45) is 7.17. The summed E-state index contributed by atoms with van der Waals surface area (Å²) in [5.74, 6) is 0.0536. The smallest absolute Gasteiger partial charge is 0.254 e. The van der Waals surface area contributed by atoms with Crippen molar-refractivity contribution in [3.05, 3.63) is 24.3 Å². The monoisotopic (exact) mass is 250 g/mol. The largest absolute Gasteiger partial charge is 0.368 e. The molecule has 3 aliphatic rings. The zero-order valence-electron chi connectivity index (χ0n) is 10.2. The Bertz CT molecular complexity index is 374. The Labute approximate surface area is 106 Å². The standard InChI is InChI=1S/C13H18N2O3/c16-13(15-7-5-14-6-8-15)12-9-17-10-3-1-2-4-11(10)18-12/h1-4,10-12,14H,5-9H2/t10-,11-,12+/m1/s1. The molecule has 2 saturated heterocycles. The van der Waals surface area contributed by atoms with Crippen molar-refractivity contribution in [3.63, 3.8) is 0 Å². The zero-order chi connectivity index (χ0) is 12.4. The highest BCUT2D eigenvalue weighted by Crippen LogP contribution is 2.21. The third-order valence-electron chi connectivity index (χ3n) is 3.50. The molecular formula is C13H18N2O3. The normalized spacial score (nSPS) is 35.3. The molecule has 5 heteroatoms. The van der Waals surface area contributed by atoms with Crippen LogP contribution in [0.1, 0.15) is 0 Å². The Morgan fingerprint density at radius 1 is 1.17 bits per heavy atom. The molecule has 0 spiro atoms. The lowest BCUT2D eigenvalue weighted by atomic mass is 10.1. The van der Waals surface area contributed by atoms with Crippen LogP contribution in [0.2, 0.25) is 0 Å². The molecule has 2 heterocycles. The van der Waals surface area contributed by atoms with Crippen LogP contribution in [0.15, 0.2) is 24.3 Å².